The van der Waals surface area contributed by atoms with E-state index in [1.54, 1.807) is 6.11 Å². The van der Waals surface area contributed by atoms with Gasteiger partial charge in [-0.2, -0.15) is 0 Å². The minimum Gasteiger partial charge on any atom is -0.442 e. The molecule has 1 nitrogen and oxygen atoms in total. The molecular formula is C3H2O. The van der Waals surface area contributed by atoms with Crippen molar-refractivity contribution in [2.45, 2.75) is 0 Å². The van der Waals surface area contributed by atoms with Crippen molar-refractivity contribution in [2.75, 3.05) is 0 Å². The van der Waals surface area contributed by atoms with Gasteiger partial charge in [0.25, 0.3) is 0 Å². The Balaban J connectivity index is 2.43. The van der Waals surface area contributed by atoms with Gasteiger partial charge in [0.15, 0.2) is 0 Å². The minimum absolute atomic E-state index is 1.57. The van der Waals surface area contributed by atoms with Gasteiger partial charge in [-0.05, 0) is 0 Å². The fourth-order valence-corrected chi connectivity index (χ4v) is 0. The van der Waals surface area contributed by atoms with Crippen LogP contribution in [0.1, 0.15) is 0 Å². The first kappa shape index (κ1) is 3.36. The van der Waals surface area contributed by atoms with E-state index >= 15 is 0 Å². The van der Waals surface area contributed by atoms with Crippen molar-refractivity contribution < 1.29 is 4.74 Å². The predicted octanol–water partition coefficient (Wildman–Crippen LogP) is 0.342. The molecule has 0 saturated carbocycles. The molecule has 0 aromatic carbocycles. The van der Waals surface area contributed by atoms with E-state index in [9.17, 15) is 0 Å². The third-order valence-corrected chi connectivity index (χ3v) is 0.0722. The van der Waals surface area contributed by atoms with Crippen LogP contribution < -0.4 is 0 Å². The Bertz CT molecular complexity index is 33.0. The zero-order valence-corrected chi connectivity index (χ0v) is 2.12. The highest BCUT2D eigenvalue weighted by atomic mass is 16.5. The lowest BCUT2D eigenvalue weighted by molar-refractivity contribution is 0.430. The summed E-state index contributed by atoms with van der Waals surface area (Å²) >= 11 is 0. The van der Waals surface area contributed by atoms with Gasteiger partial charge in [-0.15, -0.1) is 0 Å². The van der Waals surface area contributed by atoms with Crippen LogP contribution in [0, 0.1) is 19.6 Å². The molecule has 0 unspecified atom stereocenters. The van der Waals surface area contributed by atoms with Crippen molar-refractivity contribution in [3.05, 3.63) is 13.5 Å². The van der Waals surface area contributed by atoms with E-state index in [4.69, 9.17) is 6.42 Å². The van der Waals surface area contributed by atoms with Gasteiger partial charge < -0.3 is 4.74 Å². The topological polar surface area (TPSA) is 9.23 Å². The van der Waals surface area contributed by atoms with E-state index in [2.05, 4.69) is 11.8 Å². The fraction of sp³-hybridized carbons (Fsp3) is 0. The lowest BCUT2D eigenvalue weighted by atomic mass is 11.3. The first-order valence-electron chi connectivity index (χ1n) is 0.743. The normalized spacial score (nSPS) is 4.00. The fourth-order valence-electron chi connectivity index (χ4n) is 0. The van der Waals surface area contributed by atoms with Crippen molar-refractivity contribution in [1.29, 1.82) is 0 Å². The third-order valence-electron chi connectivity index (χ3n) is 0.0722. The first-order valence-corrected chi connectivity index (χ1v) is 0.743. The molecule has 0 aliphatic carbocycles. The number of hydrogen-bond acceptors (Lipinski definition) is 1. The number of hydrogen-bond donors (Lipinski definition) is 0. The summed E-state index contributed by atoms with van der Waals surface area (Å²) in [6.45, 7) is 0. The molecular weight excluding hydrogens is 52.0 g/mol. The standard InChI is InChI=1S/C3H2O/c1-3-4-2/h2H2. The van der Waals surface area contributed by atoms with E-state index in [1.807, 2.05) is 0 Å². The van der Waals surface area contributed by atoms with Crippen LogP contribution in [0.2, 0.25) is 0 Å². The largest absolute Gasteiger partial charge is 0.442 e. The summed E-state index contributed by atoms with van der Waals surface area (Å²) in [6.07, 6.45) is 7.49. The van der Waals surface area contributed by atoms with Crippen molar-refractivity contribution in [3.63, 3.8) is 0 Å². The summed E-state index contributed by atoms with van der Waals surface area (Å²) in [6, 6.07) is 0. The first-order chi connectivity index (χ1) is 1.91. The molecule has 0 aliphatic rings. The van der Waals surface area contributed by atoms with Crippen molar-refractivity contribution in [3.8, 4) is 6.11 Å². The number of ether oxygens (including phenoxy) is 1. The van der Waals surface area contributed by atoms with E-state index in [0.29, 0.717) is 0 Å². The maximum absolute atomic E-state index is 5.92. The second-order valence-corrected chi connectivity index (χ2v) is 0.246. The summed E-state index contributed by atoms with van der Waals surface area (Å²) in [4.78, 5) is 0. The molecule has 20 valence electrons. The van der Waals surface area contributed by atoms with Crippen molar-refractivity contribution >= 4 is 0 Å². The Morgan fingerprint density at radius 1 is 2.00 bits per heavy atom. The van der Waals surface area contributed by atoms with E-state index in [1.165, 1.54) is 0 Å². The van der Waals surface area contributed by atoms with Crippen LogP contribution in [0.3, 0.4) is 0 Å². The molecule has 0 amide bonds. The highest BCUT2D eigenvalue weighted by Gasteiger charge is 1.37. The Morgan fingerprint density at radius 3 is 2.25 bits per heavy atom. The van der Waals surface area contributed by atoms with Gasteiger partial charge >= 0.3 is 0 Å². The van der Waals surface area contributed by atoms with Crippen molar-refractivity contribution in [2.24, 2.45) is 0 Å². The molecule has 0 heterocycles. The van der Waals surface area contributed by atoms with Gasteiger partial charge in [0, 0.05) is 6.42 Å². The average Bonchev–Trinajstić information content (AvgIpc) is 1.37. The van der Waals surface area contributed by atoms with Gasteiger partial charge in [0.05, 0.1) is 0 Å². The van der Waals surface area contributed by atoms with Crippen LogP contribution in [-0.4, -0.2) is 0 Å². The SMILES string of the molecule is [C]#CO[CH2]. The van der Waals surface area contributed by atoms with Crippen LogP contribution in [-0.2, 0) is 4.74 Å². The van der Waals surface area contributed by atoms with Crippen LogP contribution in [0.25, 0.3) is 0 Å². The molecule has 0 bridgehead atoms. The van der Waals surface area contributed by atoms with Crippen LogP contribution >= 0.6 is 0 Å². The van der Waals surface area contributed by atoms with Crippen LogP contribution in [0.5, 0.6) is 0 Å². The van der Waals surface area contributed by atoms with Crippen LogP contribution in [0.15, 0.2) is 0 Å². The Hall–Kier alpha value is -0.640. The van der Waals surface area contributed by atoms with Gasteiger partial charge in [0.1, 0.15) is 13.2 Å². The molecule has 0 saturated heterocycles. The van der Waals surface area contributed by atoms with Gasteiger partial charge in [-0.1, -0.05) is 0 Å². The predicted molar refractivity (Wildman–Crippen MR) is 13.6 cm³/mol. The third kappa shape index (κ3) is 1.36. The van der Waals surface area contributed by atoms with Crippen LogP contribution in [0.4, 0.5) is 0 Å². The van der Waals surface area contributed by atoms with Gasteiger partial charge in [-0.3, -0.25) is 0 Å². The molecule has 0 atom stereocenters. The summed E-state index contributed by atoms with van der Waals surface area (Å²) in [7, 11) is 2.81. The molecule has 1 heteroatoms. The Morgan fingerprint density at radius 2 is 2.25 bits per heavy atom. The summed E-state index contributed by atoms with van der Waals surface area (Å²) < 4.78 is 3.71. The number of rotatable bonds is 0. The second kappa shape index (κ2) is 2.36. The average molecular weight is 54.0 g/mol. The lowest BCUT2D eigenvalue weighted by Gasteiger charge is -1.64. The molecule has 0 N–H and O–H groups in total. The highest BCUT2D eigenvalue weighted by molar-refractivity contribution is 4.53. The van der Waals surface area contributed by atoms with Gasteiger partial charge in [-0.25, -0.2) is 0 Å². The monoisotopic (exact) mass is 54.0 g/mol. The second-order valence-electron chi connectivity index (χ2n) is 0.246. The quantitative estimate of drug-likeness (QED) is 0.362. The maximum Gasteiger partial charge on any atom is 0.135 e. The van der Waals surface area contributed by atoms with E-state index < -0.39 is 0 Å². The summed E-state index contributed by atoms with van der Waals surface area (Å²) in [5.74, 6) is 0. The molecule has 0 fully saturated rings. The smallest absolute Gasteiger partial charge is 0.135 e. The summed E-state index contributed by atoms with van der Waals surface area (Å²) in [5.41, 5.74) is 0. The van der Waals surface area contributed by atoms with E-state index in [0.717, 1.165) is 0 Å². The summed E-state index contributed by atoms with van der Waals surface area (Å²) in [5, 5.41) is 0. The molecule has 0 rings (SSSR count). The Kier molecular flexibility index (Phi) is 1.98. The minimum atomic E-state index is 1.57. The van der Waals surface area contributed by atoms with E-state index in [-0.39, 0.29) is 0 Å². The molecule has 0 aromatic heterocycles. The zero-order chi connectivity index (χ0) is 3.41. The molecule has 4 heavy (non-hydrogen) atoms. The lowest BCUT2D eigenvalue weighted by Crippen LogP contribution is -1.49. The highest BCUT2D eigenvalue weighted by Crippen LogP contribution is 1.47. The molecule has 0 aliphatic heterocycles. The molecule has 0 aromatic rings. The molecule has 2 radical (unpaired) electrons. The maximum atomic E-state index is 5.92. The zero-order valence-electron chi connectivity index (χ0n) is 2.12. The van der Waals surface area contributed by atoms with Crippen molar-refractivity contribution in [1.82, 2.24) is 0 Å². The van der Waals surface area contributed by atoms with Gasteiger partial charge in [0.2, 0.25) is 0 Å². The molecule has 0 spiro atoms. The Labute approximate surface area is 25.6 Å².